The summed E-state index contributed by atoms with van der Waals surface area (Å²) >= 11 is 0. The Labute approximate surface area is 144 Å². The van der Waals surface area contributed by atoms with Crippen LogP contribution in [-0.4, -0.2) is 42.6 Å². The van der Waals surface area contributed by atoms with E-state index in [4.69, 9.17) is 9.47 Å². The van der Waals surface area contributed by atoms with E-state index in [9.17, 15) is 4.79 Å². The lowest BCUT2D eigenvalue weighted by atomic mass is 10.0. The molecule has 0 unspecified atom stereocenters. The molecule has 2 heterocycles. The zero-order valence-corrected chi connectivity index (χ0v) is 14.9. The van der Waals surface area contributed by atoms with E-state index < -0.39 is 0 Å². The maximum Gasteiger partial charge on any atom is 0.234 e. The molecule has 1 aromatic rings. The summed E-state index contributed by atoms with van der Waals surface area (Å²) in [5.41, 5.74) is 1.06. The number of hydrogen-bond donors (Lipinski definition) is 1. The van der Waals surface area contributed by atoms with Crippen LogP contribution in [0, 0.1) is 0 Å². The highest BCUT2D eigenvalue weighted by Gasteiger charge is 2.29. The van der Waals surface area contributed by atoms with Crippen molar-refractivity contribution in [3.63, 3.8) is 0 Å². The number of carbonyl (C=O) groups excluding carboxylic acids is 1. The Bertz CT molecular complexity index is 600. The van der Waals surface area contributed by atoms with Gasteiger partial charge in [-0.25, -0.2) is 0 Å². The van der Waals surface area contributed by atoms with Gasteiger partial charge in [0.1, 0.15) is 13.2 Å². The minimum atomic E-state index is -0.150. The van der Waals surface area contributed by atoms with Crippen LogP contribution in [0.1, 0.15) is 51.6 Å². The molecule has 5 heteroatoms. The van der Waals surface area contributed by atoms with Crippen LogP contribution in [0.5, 0.6) is 11.5 Å². The Balaban J connectivity index is 1.68. The predicted molar refractivity (Wildman–Crippen MR) is 93.5 cm³/mol. The smallest absolute Gasteiger partial charge is 0.234 e. The van der Waals surface area contributed by atoms with Crippen molar-refractivity contribution in [2.24, 2.45) is 0 Å². The van der Waals surface area contributed by atoms with E-state index in [-0.39, 0.29) is 17.5 Å². The van der Waals surface area contributed by atoms with E-state index in [1.165, 1.54) is 5.56 Å². The number of nitrogens with zero attached hydrogens (tertiary/aromatic N) is 1. The molecule has 1 fully saturated rings. The van der Waals surface area contributed by atoms with Gasteiger partial charge in [0.2, 0.25) is 5.91 Å². The van der Waals surface area contributed by atoms with E-state index in [0.29, 0.717) is 19.8 Å². The number of amides is 1. The third kappa shape index (κ3) is 3.83. The second kappa shape index (κ2) is 7.01. The first-order valence-corrected chi connectivity index (χ1v) is 8.93. The highest BCUT2D eigenvalue weighted by Crippen LogP contribution is 2.37. The quantitative estimate of drug-likeness (QED) is 0.901. The fourth-order valence-electron chi connectivity index (χ4n) is 3.35. The van der Waals surface area contributed by atoms with Crippen molar-refractivity contribution in [2.45, 2.75) is 51.6 Å². The molecule has 0 aromatic heterocycles. The molecule has 24 heavy (non-hydrogen) atoms. The molecule has 1 aromatic carbocycles. The zero-order valence-electron chi connectivity index (χ0n) is 14.9. The lowest BCUT2D eigenvalue weighted by Gasteiger charge is -2.29. The fourth-order valence-corrected chi connectivity index (χ4v) is 3.35. The first kappa shape index (κ1) is 17.1. The number of nitrogens with one attached hydrogen (secondary N) is 1. The Morgan fingerprint density at radius 2 is 2.04 bits per heavy atom. The van der Waals surface area contributed by atoms with Crippen molar-refractivity contribution in [2.75, 3.05) is 26.3 Å². The second-order valence-corrected chi connectivity index (χ2v) is 7.32. The van der Waals surface area contributed by atoms with Gasteiger partial charge in [-0.1, -0.05) is 13.0 Å². The van der Waals surface area contributed by atoms with Crippen molar-refractivity contribution < 1.29 is 14.3 Å². The summed E-state index contributed by atoms with van der Waals surface area (Å²) in [6.07, 6.45) is 3.11. The first-order chi connectivity index (χ1) is 11.5. The monoisotopic (exact) mass is 332 g/mol. The van der Waals surface area contributed by atoms with Crippen molar-refractivity contribution in [3.8, 4) is 11.5 Å². The van der Waals surface area contributed by atoms with Crippen LogP contribution in [0.4, 0.5) is 0 Å². The Hall–Kier alpha value is -1.75. The average molecular weight is 332 g/mol. The molecular formula is C19H28N2O3. The summed E-state index contributed by atoms with van der Waals surface area (Å²) in [7, 11) is 0. The van der Waals surface area contributed by atoms with Crippen molar-refractivity contribution in [3.05, 3.63) is 23.8 Å². The summed E-state index contributed by atoms with van der Waals surface area (Å²) < 4.78 is 11.3. The van der Waals surface area contributed by atoms with Gasteiger partial charge < -0.3 is 14.8 Å². The Kier molecular flexibility index (Phi) is 4.99. The van der Waals surface area contributed by atoms with Crippen LogP contribution >= 0.6 is 0 Å². The van der Waals surface area contributed by atoms with Crippen molar-refractivity contribution in [1.82, 2.24) is 10.2 Å². The van der Waals surface area contributed by atoms with Gasteiger partial charge in [0.15, 0.2) is 11.5 Å². The van der Waals surface area contributed by atoms with Gasteiger partial charge in [0.25, 0.3) is 0 Å². The normalized spacial score (nSPS) is 20.9. The van der Waals surface area contributed by atoms with Crippen LogP contribution in [0.3, 0.4) is 0 Å². The van der Waals surface area contributed by atoms with Crippen LogP contribution in [-0.2, 0) is 4.79 Å². The predicted octanol–water partition coefficient (Wildman–Crippen LogP) is 2.90. The van der Waals surface area contributed by atoms with Gasteiger partial charge in [-0.2, -0.15) is 0 Å². The summed E-state index contributed by atoms with van der Waals surface area (Å²) in [5.74, 6) is 1.74. The maximum atomic E-state index is 12.4. The molecule has 2 aliphatic rings. The minimum absolute atomic E-state index is 0.103. The first-order valence-electron chi connectivity index (χ1n) is 8.93. The van der Waals surface area contributed by atoms with Gasteiger partial charge in [0, 0.05) is 11.6 Å². The average Bonchev–Trinajstić information content (AvgIpc) is 3.01. The number of benzene rings is 1. The van der Waals surface area contributed by atoms with Gasteiger partial charge in [-0.3, -0.25) is 9.69 Å². The fraction of sp³-hybridized carbons (Fsp3) is 0.632. The molecule has 0 bridgehead atoms. The SMILES string of the molecule is CCC(C)(C)NC(=O)CN1CCC[C@@H]1c1ccc2c(c1)OCCO2. The molecule has 1 atom stereocenters. The Morgan fingerprint density at radius 1 is 1.29 bits per heavy atom. The molecule has 2 aliphatic heterocycles. The number of rotatable bonds is 5. The van der Waals surface area contributed by atoms with E-state index in [0.717, 1.165) is 37.3 Å². The molecule has 3 rings (SSSR count). The molecule has 0 saturated carbocycles. The summed E-state index contributed by atoms with van der Waals surface area (Å²) in [6, 6.07) is 6.44. The summed E-state index contributed by atoms with van der Waals surface area (Å²) in [4.78, 5) is 14.7. The van der Waals surface area contributed by atoms with Gasteiger partial charge >= 0.3 is 0 Å². The van der Waals surface area contributed by atoms with Crippen LogP contribution < -0.4 is 14.8 Å². The number of carbonyl (C=O) groups is 1. The van der Waals surface area contributed by atoms with E-state index in [1.54, 1.807) is 0 Å². The third-order valence-electron chi connectivity index (χ3n) is 5.02. The molecule has 0 aliphatic carbocycles. The standard InChI is InChI=1S/C19H28N2O3/c1-4-19(2,3)20-18(22)13-21-9-5-6-15(21)14-7-8-16-17(12-14)24-11-10-23-16/h7-8,12,15H,4-6,9-11,13H2,1-3H3,(H,20,22)/t15-/m1/s1. The highest BCUT2D eigenvalue weighted by atomic mass is 16.6. The second-order valence-electron chi connectivity index (χ2n) is 7.32. The van der Waals surface area contributed by atoms with Crippen molar-refractivity contribution in [1.29, 1.82) is 0 Å². The van der Waals surface area contributed by atoms with Crippen LogP contribution in [0.15, 0.2) is 18.2 Å². The van der Waals surface area contributed by atoms with E-state index in [1.807, 2.05) is 6.07 Å². The number of fused-ring (bicyclic) bond motifs is 1. The maximum absolute atomic E-state index is 12.4. The van der Waals surface area contributed by atoms with Crippen molar-refractivity contribution >= 4 is 5.91 Å². The molecule has 5 nitrogen and oxygen atoms in total. The van der Waals surface area contributed by atoms with Crippen LogP contribution in [0.25, 0.3) is 0 Å². The summed E-state index contributed by atoms with van der Waals surface area (Å²) in [5, 5.41) is 3.13. The minimum Gasteiger partial charge on any atom is -0.486 e. The molecule has 1 N–H and O–H groups in total. The molecule has 1 amide bonds. The lowest BCUT2D eigenvalue weighted by molar-refractivity contribution is -0.124. The van der Waals surface area contributed by atoms with E-state index in [2.05, 4.69) is 43.1 Å². The molecule has 1 saturated heterocycles. The molecule has 0 spiro atoms. The lowest BCUT2D eigenvalue weighted by Crippen LogP contribution is -2.47. The van der Waals surface area contributed by atoms with Crippen LogP contribution in [0.2, 0.25) is 0 Å². The number of hydrogen-bond acceptors (Lipinski definition) is 4. The zero-order chi connectivity index (χ0) is 17.2. The topological polar surface area (TPSA) is 50.8 Å². The molecular weight excluding hydrogens is 304 g/mol. The molecule has 132 valence electrons. The highest BCUT2D eigenvalue weighted by molar-refractivity contribution is 5.78. The van der Waals surface area contributed by atoms with Gasteiger partial charge in [0.05, 0.1) is 6.54 Å². The number of likely N-dealkylation sites (tertiary alicyclic amines) is 1. The Morgan fingerprint density at radius 3 is 2.79 bits per heavy atom. The van der Waals surface area contributed by atoms with Gasteiger partial charge in [-0.05, 0) is 57.4 Å². The van der Waals surface area contributed by atoms with E-state index >= 15 is 0 Å². The largest absolute Gasteiger partial charge is 0.486 e. The summed E-state index contributed by atoms with van der Waals surface area (Å²) in [6.45, 7) is 8.82. The third-order valence-corrected chi connectivity index (χ3v) is 5.02. The van der Waals surface area contributed by atoms with Gasteiger partial charge in [-0.15, -0.1) is 0 Å². The molecule has 0 radical (unpaired) electrons. The number of ether oxygens (including phenoxy) is 2.